The molecular formula is C19H22N2O5S. The van der Waals surface area contributed by atoms with Gasteiger partial charge in [0, 0.05) is 19.8 Å². The van der Waals surface area contributed by atoms with Crippen LogP contribution >= 0.6 is 0 Å². The van der Waals surface area contributed by atoms with Crippen LogP contribution in [0.4, 0.5) is 5.69 Å². The summed E-state index contributed by atoms with van der Waals surface area (Å²) in [6, 6.07) is 11.1. The number of nitrogens with one attached hydrogen (secondary N) is 1. The van der Waals surface area contributed by atoms with Crippen LogP contribution in [0.15, 0.2) is 47.4 Å². The Labute approximate surface area is 159 Å². The van der Waals surface area contributed by atoms with Gasteiger partial charge >= 0.3 is 5.97 Å². The summed E-state index contributed by atoms with van der Waals surface area (Å²) in [5.74, 6) is -1.25. The topological polar surface area (TPSA) is 92.8 Å². The lowest BCUT2D eigenvalue weighted by atomic mass is 10.1. The van der Waals surface area contributed by atoms with Gasteiger partial charge in [-0.25, -0.2) is 17.5 Å². The predicted molar refractivity (Wildman–Crippen MR) is 102 cm³/mol. The molecule has 0 fully saturated rings. The summed E-state index contributed by atoms with van der Waals surface area (Å²) in [7, 11) is -0.866. The zero-order chi connectivity index (χ0) is 20.2. The first kappa shape index (κ1) is 20.6. The molecule has 0 saturated carbocycles. The maximum Gasteiger partial charge on any atom is 0.338 e. The number of hydrogen-bond acceptors (Lipinski definition) is 5. The molecule has 0 saturated heterocycles. The Kier molecular flexibility index (Phi) is 6.35. The van der Waals surface area contributed by atoms with Crippen molar-refractivity contribution in [2.24, 2.45) is 0 Å². The van der Waals surface area contributed by atoms with Gasteiger partial charge in [0.2, 0.25) is 10.0 Å². The van der Waals surface area contributed by atoms with E-state index in [2.05, 4.69) is 5.32 Å². The van der Waals surface area contributed by atoms with Gasteiger partial charge in [-0.3, -0.25) is 4.79 Å². The van der Waals surface area contributed by atoms with Crippen LogP contribution in [0.25, 0.3) is 0 Å². The van der Waals surface area contributed by atoms with E-state index in [1.807, 2.05) is 32.0 Å². The molecule has 0 heterocycles. The van der Waals surface area contributed by atoms with Crippen LogP contribution in [0.2, 0.25) is 0 Å². The minimum absolute atomic E-state index is 0.0260. The van der Waals surface area contributed by atoms with Crippen molar-refractivity contribution >= 4 is 27.6 Å². The summed E-state index contributed by atoms with van der Waals surface area (Å²) in [5, 5.41) is 2.72. The first-order valence-electron chi connectivity index (χ1n) is 8.18. The highest BCUT2D eigenvalue weighted by molar-refractivity contribution is 7.89. The maximum absolute atomic E-state index is 12.2. The minimum atomic E-state index is -3.67. The molecule has 7 nitrogen and oxygen atoms in total. The summed E-state index contributed by atoms with van der Waals surface area (Å²) in [5.41, 5.74) is 2.53. The van der Waals surface area contributed by atoms with Crippen molar-refractivity contribution in [2.75, 3.05) is 26.0 Å². The third-order valence-corrected chi connectivity index (χ3v) is 5.74. The summed E-state index contributed by atoms with van der Waals surface area (Å²) in [4.78, 5) is 24.2. The molecule has 27 heavy (non-hydrogen) atoms. The number of para-hydroxylation sites is 1. The number of aryl methyl sites for hydroxylation is 2. The van der Waals surface area contributed by atoms with E-state index in [1.165, 1.54) is 38.4 Å². The highest BCUT2D eigenvalue weighted by Gasteiger charge is 2.19. The molecule has 0 aromatic heterocycles. The van der Waals surface area contributed by atoms with E-state index >= 15 is 0 Å². The van der Waals surface area contributed by atoms with Gasteiger partial charge in [0.1, 0.15) is 0 Å². The summed E-state index contributed by atoms with van der Waals surface area (Å²) < 4.78 is 30.4. The molecule has 144 valence electrons. The standard InChI is InChI=1S/C19H22N2O5S/c1-13-7-5-8-14(2)18(13)20-17(22)12-26-19(23)15-9-6-10-16(11-15)27(24,25)21(3)4/h5-11H,12H2,1-4H3,(H,20,22). The normalized spacial score (nSPS) is 11.3. The fraction of sp³-hybridized carbons (Fsp3) is 0.263. The van der Waals surface area contributed by atoms with Gasteiger partial charge in [-0.05, 0) is 43.2 Å². The number of esters is 1. The van der Waals surface area contributed by atoms with E-state index in [4.69, 9.17) is 4.74 Å². The van der Waals surface area contributed by atoms with Crippen molar-refractivity contribution in [3.63, 3.8) is 0 Å². The van der Waals surface area contributed by atoms with Crippen LogP contribution in [0.3, 0.4) is 0 Å². The predicted octanol–water partition coefficient (Wildman–Crippen LogP) is 2.35. The zero-order valence-corrected chi connectivity index (χ0v) is 16.5. The second-order valence-corrected chi connectivity index (χ2v) is 8.36. The Hall–Kier alpha value is -2.71. The number of benzene rings is 2. The molecule has 8 heteroatoms. The number of rotatable bonds is 6. The quantitative estimate of drug-likeness (QED) is 0.765. The lowest BCUT2D eigenvalue weighted by molar-refractivity contribution is -0.119. The van der Waals surface area contributed by atoms with E-state index in [0.29, 0.717) is 5.69 Å². The van der Waals surface area contributed by atoms with Gasteiger partial charge in [-0.15, -0.1) is 0 Å². The Morgan fingerprint density at radius 2 is 1.63 bits per heavy atom. The fourth-order valence-corrected chi connectivity index (χ4v) is 3.34. The number of nitrogens with zero attached hydrogens (tertiary/aromatic N) is 1. The second-order valence-electron chi connectivity index (χ2n) is 6.21. The highest BCUT2D eigenvalue weighted by atomic mass is 32.2. The molecule has 0 aliphatic carbocycles. The smallest absolute Gasteiger partial charge is 0.338 e. The second kappa shape index (κ2) is 8.32. The van der Waals surface area contributed by atoms with Crippen LogP contribution in [0.5, 0.6) is 0 Å². The van der Waals surface area contributed by atoms with Gasteiger partial charge in [0.15, 0.2) is 6.61 Å². The van der Waals surface area contributed by atoms with Gasteiger partial charge in [0.25, 0.3) is 5.91 Å². The van der Waals surface area contributed by atoms with Crippen LogP contribution in [0, 0.1) is 13.8 Å². The number of ether oxygens (including phenoxy) is 1. The van der Waals surface area contributed by atoms with Crippen molar-refractivity contribution in [3.8, 4) is 0 Å². The third kappa shape index (κ3) is 4.93. The molecule has 0 bridgehead atoms. The number of amides is 1. The molecule has 0 aliphatic rings. The van der Waals surface area contributed by atoms with Gasteiger partial charge in [-0.1, -0.05) is 24.3 Å². The number of hydrogen-bond donors (Lipinski definition) is 1. The Morgan fingerprint density at radius 1 is 1.04 bits per heavy atom. The first-order valence-corrected chi connectivity index (χ1v) is 9.62. The largest absolute Gasteiger partial charge is 0.452 e. The molecule has 0 radical (unpaired) electrons. The van der Waals surface area contributed by atoms with Crippen molar-refractivity contribution in [1.82, 2.24) is 4.31 Å². The average molecular weight is 390 g/mol. The van der Waals surface area contributed by atoms with E-state index in [-0.39, 0.29) is 10.5 Å². The summed E-state index contributed by atoms with van der Waals surface area (Å²) in [6.07, 6.45) is 0. The summed E-state index contributed by atoms with van der Waals surface area (Å²) >= 11 is 0. The average Bonchev–Trinajstić information content (AvgIpc) is 2.62. The monoisotopic (exact) mass is 390 g/mol. The molecule has 2 aromatic rings. The molecular weight excluding hydrogens is 368 g/mol. The molecule has 0 atom stereocenters. The molecule has 2 rings (SSSR count). The fourth-order valence-electron chi connectivity index (χ4n) is 2.40. The Balaban J connectivity index is 2.05. The SMILES string of the molecule is Cc1cccc(C)c1NC(=O)COC(=O)c1cccc(S(=O)(=O)N(C)C)c1. The van der Waals surface area contributed by atoms with Crippen molar-refractivity contribution in [3.05, 3.63) is 59.2 Å². The molecule has 1 N–H and O–H groups in total. The lowest BCUT2D eigenvalue weighted by Crippen LogP contribution is -2.23. The first-order chi connectivity index (χ1) is 12.6. The van der Waals surface area contributed by atoms with Gasteiger partial charge in [0.05, 0.1) is 10.5 Å². The molecule has 0 unspecified atom stereocenters. The number of carbonyl (C=O) groups is 2. The molecule has 0 aliphatic heterocycles. The van der Waals surface area contributed by atoms with Crippen LogP contribution in [-0.4, -0.2) is 45.3 Å². The van der Waals surface area contributed by atoms with Crippen molar-refractivity contribution < 1.29 is 22.7 Å². The number of sulfonamides is 1. The van der Waals surface area contributed by atoms with E-state index in [9.17, 15) is 18.0 Å². The van der Waals surface area contributed by atoms with Crippen LogP contribution in [-0.2, 0) is 19.6 Å². The van der Waals surface area contributed by atoms with E-state index in [0.717, 1.165) is 15.4 Å². The maximum atomic E-state index is 12.2. The minimum Gasteiger partial charge on any atom is -0.452 e. The van der Waals surface area contributed by atoms with Crippen LogP contribution in [0.1, 0.15) is 21.5 Å². The molecule has 0 spiro atoms. The van der Waals surface area contributed by atoms with E-state index in [1.54, 1.807) is 0 Å². The Bertz CT molecular complexity index is 948. The van der Waals surface area contributed by atoms with Crippen molar-refractivity contribution in [1.29, 1.82) is 0 Å². The molecule has 1 amide bonds. The molecule has 2 aromatic carbocycles. The van der Waals surface area contributed by atoms with Crippen molar-refractivity contribution in [2.45, 2.75) is 18.7 Å². The Morgan fingerprint density at radius 3 is 2.22 bits per heavy atom. The van der Waals surface area contributed by atoms with Crippen LogP contribution < -0.4 is 5.32 Å². The third-order valence-electron chi connectivity index (χ3n) is 3.93. The van der Waals surface area contributed by atoms with E-state index < -0.39 is 28.5 Å². The summed E-state index contributed by atoms with van der Waals surface area (Å²) in [6.45, 7) is 3.26. The van der Waals surface area contributed by atoms with Gasteiger partial charge < -0.3 is 10.1 Å². The zero-order valence-electron chi connectivity index (χ0n) is 15.6. The number of anilines is 1. The number of carbonyl (C=O) groups excluding carboxylic acids is 2. The lowest BCUT2D eigenvalue weighted by Gasteiger charge is -2.13. The highest BCUT2D eigenvalue weighted by Crippen LogP contribution is 2.19. The van der Waals surface area contributed by atoms with Gasteiger partial charge in [-0.2, -0.15) is 0 Å².